The molecule has 6 heteroatoms. The van der Waals surface area contributed by atoms with Crippen molar-refractivity contribution in [1.82, 2.24) is 0 Å². The number of aliphatic hydroxyl groups is 1. The van der Waals surface area contributed by atoms with Crippen LogP contribution in [-0.2, 0) is 23.8 Å². The summed E-state index contributed by atoms with van der Waals surface area (Å²) in [5.74, 6) is -1.13. The number of esters is 2. The first kappa shape index (κ1) is 12.6. The molecule has 6 nitrogen and oxygen atoms in total. The van der Waals surface area contributed by atoms with Gasteiger partial charge in [-0.1, -0.05) is 6.08 Å². The highest BCUT2D eigenvalue weighted by molar-refractivity contribution is 5.80. The van der Waals surface area contributed by atoms with Gasteiger partial charge in [0.2, 0.25) is 0 Å². The summed E-state index contributed by atoms with van der Waals surface area (Å²) >= 11 is 0. The van der Waals surface area contributed by atoms with E-state index in [0.29, 0.717) is 6.42 Å². The number of rotatable bonds is 0. The zero-order valence-electron chi connectivity index (χ0n) is 10.6. The van der Waals surface area contributed by atoms with Gasteiger partial charge in [0.15, 0.2) is 6.10 Å². The molecule has 1 N–H and O–H groups in total. The van der Waals surface area contributed by atoms with Gasteiger partial charge in [0.25, 0.3) is 0 Å². The topological polar surface area (TPSA) is 85.4 Å². The van der Waals surface area contributed by atoms with E-state index in [9.17, 15) is 14.7 Å². The Balaban J connectivity index is 1.84. The molecule has 0 amide bonds. The third-order valence-electron chi connectivity index (χ3n) is 3.67. The second kappa shape index (κ2) is 4.31. The molecule has 0 aromatic heterocycles. The first-order valence-corrected chi connectivity index (χ1v) is 6.43. The minimum atomic E-state index is -1.19. The van der Waals surface area contributed by atoms with E-state index in [4.69, 9.17) is 14.2 Å². The Hall–Kier alpha value is -1.40. The van der Waals surface area contributed by atoms with Crippen LogP contribution in [0.3, 0.4) is 0 Å². The molecule has 0 aliphatic carbocycles. The van der Waals surface area contributed by atoms with E-state index < -0.39 is 23.6 Å². The molecule has 3 heterocycles. The number of hydrogen-bond acceptors (Lipinski definition) is 6. The van der Waals surface area contributed by atoms with Crippen molar-refractivity contribution in [3.8, 4) is 0 Å². The fourth-order valence-corrected chi connectivity index (χ4v) is 2.66. The van der Waals surface area contributed by atoms with Crippen molar-refractivity contribution in [3.63, 3.8) is 0 Å². The van der Waals surface area contributed by atoms with Crippen LogP contribution < -0.4 is 0 Å². The van der Waals surface area contributed by atoms with Crippen LogP contribution in [0.2, 0.25) is 0 Å². The molecule has 3 rings (SSSR count). The SMILES string of the molecule is CC1CC2OC2C=CC2(CC(=O)O1)CC(O)C(=O)O2. The average Bonchev–Trinajstić information content (AvgIpc) is 2.96. The maximum absolute atomic E-state index is 11.8. The quantitative estimate of drug-likeness (QED) is 0.380. The molecule has 19 heavy (non-hydrogen) atoms. The van der Waals surface area contributed by atoms with Crippen LogP contribution in [0.25, 0.3) is 0 Å². The number of carbonyl (C=O) groups is 2. The number of carbonyl (C=O) groups excluding carboxylic acids is 2. The Morgan fingerprint density at radius 2 is 2.21 bits per heavy atom. The molecule has 5 unspecified atom stereocenters. The molecule has 2 fully saturated rings. The van der Waals surface area contributed by atoms with Crippen LogP contribution in [0, 0.1) is 0 Å². The van der Waals surface area contributed by atoms with E-state index in [-0.39, 0.29) is 31.2 Å². The van der Waals surface area contributed by atoms with Gasteiger partial charge in [0, 0.05) is 12.8 Å². The van der Waals surface area contributed by atoms with E-state index in [1.807, 2.05) is 6.92 Å². The minimum Gasteiger partial charge on any atom is -0.462 e. The molecule has 3 aliphatic rings. The smallest absolute Gasteiger partial charge is 0.336 e. The molecule has 2 saturated heterocycles. The lowest BCUT2D eigenvalue weighted by atomic mass is 9.93. The number of fused-ring (bicyclic) bond motifs is 1. The third-order valence-corrected chi connectivity index (χ3v) is 3.67. The monoisotopic (exact) mass is 268 g/mol. The second-order valence-corrected chi connectivity index (χ2v) is 5.42. The van der Waals surface area contributed by atoms with Crippen LogP contribution in [0.4, 0.5) is 0 Å². The normalized spacial score (nSPS) is 45.6. The van der Waals surface area contributed by atoms with Gasteiger partial charge in [-0.05, 0) is 13.0 Å². The van der Waals surface area contributed by atoms with Gasteiger partial charge in [0.1, 0.15) is 17.8 Å². The molecule has 5 atom stereocenters. The summed E-state index contributed by atoms with van der Waals surface area (Å²) in [6.07, 6.45) is 2.74. The molecule has 0 bridgehead atoms. The lowest BCUT2D eigenvalue weighted by Gasteiger charge is -2.24. The van der Waals surface area contributed by atoms with Gasteiger partial charge in [-0.15, -0.1) is 0 Å². The van der Waals surface area contributed by atoms with Crippen molar-refractivity contribution in [2.24, 2.45) is 0 Å². The Kier molecular flexibility index (Phi) is 2.87. The van der Waals surface area contributed by atoms with Gasteiger partial charge in [-0.2, -0.15) is 0 Å². The zero-order valence-corrected chi connectivity index (χ0v) is 10.6. The molecule has 0 aromatic rings. The molecule has 3 aliphatic heterocycles. The highest BCUT2D eigenvalue weighted by Gasteiger charge is 2.48. The van der Waals surface area contributed by atoms with Crippen molar-refractivity contribution in [3.05, 3.63) is 12.2 Å². The zero-order chi connectivity index (χ0) is 13.6. The fourth-order valence-electron chi connectivity index (χ4n) is 2.66. The number of hydrogen-bond donors (Lipinski definition) is 1. The standard InChI is InChI=1S/C13H16O6/c1-7-4-10-9(18-10)2-3-13(6-11(15)17-7)5-8(14)12(16)19-13/h2-3,7-10,14H,4-6H2,1H3. The van der Waals surface area contributed by atoms with Gasteiger partial charge in [-0.25, -0.2) is 4.79 Å². The van der Waals surface area contributed by atoms with E-state index in [1.165, 1.54) is 0 Å². The summed E-state index contributed by atoms with van der Waals surface area (Å²) in [6, 6.07) is 0. The maximum atomic E-state index is 11.8. The predicted octanol–water partition coefficient (Wildman–Crippen LogP) is 0.0821. The van der Waals surface area contributed by atoms with Gasteiger partial charge >= 0.3 is 11.9 Å². The highest BCUT2D eigenvalue weighted by atomic mass is 16.6. The van der Waals surface area contributed by atoms with Gasteiger partial charge in [-0.3, -0.25) is 4.79 Å². The third kappa shape index (κ3) is 2.50. The average molecular weight is 268 g/mol. The summed E-state index contributed by atoms with van der Waals surface area (Å²) in [5.41, 5.74) is -1.10. The van der Waals surface area contributed by atoms with Crippen LogP contribution in [0.5, 0.6) is 0 Å². The number of ether oxygens (including phenoxy) is 3. The van der Waals surface area contributed by atoms with Crippen LogP contribution in [0.1, 0.15) is 26.2 Å². The number of aliphatic hydroxyl groups excluding tert-OH is 1. The summed E-state index contributed by atoms with van der Waals surface area (Å²) in [6.45, 7) is 1.81. The minimum absolute atomic E-state index is 0.0208. The predicted molar refractivity (Wildman–Crippen MR) is 62.0 cm³/mol. The Labute approximate surface area is 110 Å². The van der Waals surface area contributed by atoms with E-state index in [1.54, 1.807) is 12.2 Å². The number of epoxide rings is 1. The highest BCUT2D eigenvalue weighted by Crippen LogP contribution is 2.36. The van der Waals surface area contributed by atoms with Crippen LogP contribution in [0.15, 0.2) is 12.2 Å². The van der Waals surface area contributed by atoms with E-state index in [2.05, 4.69) is 0 Å². The van der Waals surface area contributed by atoms with Crippen molar-refractivity contribution < 1.29 is 28.9 Å². The molecular weight excluding hydrogens is 252 g/mol. The summed E-state index contributed by atoms with van der Waals surface area (Å²) in [5, 5.41) is 9.53. The maximum Gasteiger partial charge on any atom is 0.336 e. The van der Waals surface area contributed by atoms with Crippen LogP contribution in [-0.4, -0.2) is 47.1 Å². The van der Waals surface area contributed by atoms with Gasteiger partial charge < -0.3 is 19.3 Å². The largest absolute Gasteiger partial charge is 0.462 e. The number of cyclic esters (lactones) is 1. The summed E-state index contributed by atoms with van der Waals surface area (Å²) in [7, 11) is 0. The molecular formula is C13H16O6. The fraction of sp³-hybridized carbons (Fsp3) is 0.692. The molecule has 0 radical (unpaired) electrons. The Bertz CT molecular complexity index is 444. The van der Waals surface area contributed by atoms with Crippen molar-refractivity contribution >= 4 is 11.9 Å². The molecule has 1 spiro atoms. The van der Waals surface area contributed by atoms with Gasteiger partial charge in [0.05, 0.1) is 12.5 Å². The first-order valence-electron chi connectivity index (χ1n) is 6.43. The lowest BCUT2D eigenvalue weighted by Crippen LogP contribution is -2.32. The van der Waals surface area contributed by atoms with Crippen molar-refractivity contribution in [2.75, 3.05) is 0 Å². The van der Waals surface area contributed by atoms with E-state index in [0.717, 1.165) is 0 Å². The van der Waals surface area contributed by atoms with Crippen molar-refractivity contribution in [1.29, 1.82) is 0 Å². The molecule has 0 aromatic carbocycles. The lowest BCUT2D eigenvalue weighted by molar-refractivity contribution is -0.158. The van der Waals surface area contributed by atoms with E-state index >= 15 is 0 Å². The Morgan fingerprint density at radius 3 is 2.89 bits per heavy atom. The van der Waals surface area contributed by atoms with Crippen molar-refractivity contribution in [2.45, 2.75) is 56.2 Å². The van der Waals surface area contributed by atoms with Crippen LogP contribution >= 0.6 is 0 Å². The molecule has 0 saturated carbocycles. The second-order valence-electron chi connectivity index (χ2n) is 5.42. The summed E-state index contributed by atoms with van der Waals surface area (Å²) in [4.78, 5) is 23.2. The Morgan fingerprint density at radius 1 is 1.42 bits per heavy atom. The molecule has 104 valence electrons. The summed E-state index contributed by atoms with van der Waals surface area (Å²) < 4.78 is 15.9. The first-order chi connectivity index (χ1) is 8.97.